The highest BCUT2D eigenvalue weighted by Gasteiger charge is 2.37. The summed E-state index contributed by atoms with van der Waals surface area (Å²) in [7, 11) is 0. The molecule has 4 rings (SSSR count). The zero-order valence-corrected chi connectivity index (χ0v) is 19.4. The average molecular weight is 470 g/mol. The average Bonchev–Trinajstić information content (AvgIpc) is 3.22. The van der Waals surface area contributed by atoms with Gasteiger partial charge in [-0.2, -0.15) is 0 Å². The van der Waals surface area contributed by atoms with Gasteiger partial charge in [0.1, 0.15) is 17.0 Å². The lowest BCUT2D eigenvalue weighted by molar-refractivity contribution is 0.00574. The first-order valence-electron chi connectivity index (χ1n) is 11.0. The molecule has 3 aromatic rings. The van der Waals surface area contributed by atoms with Crippen molar-refractivity contribution in [2.24, 2.45) is 5.73 Å². The summed E-state index contributed by atoms with van der Waals surface area (Å²) in [6, 6.07) is 3.60. The molecule has 1 fully saturated rings. The first-order valence-corrected chi connectivity index (χ1v) is 11.0. The molecule has 0 unspecified atom stereocenters. The number of hydrogen-bond donors (Lipinski definition) is 2. The highest BCUT2D eigenvalue weighted by Crippen LogP contribution is 2.29. The maximum Gasteiger partial charge on any atom is 0.410 e. The van der Waals surface area contributed by atoms with Crippen LogP contribution in [0.1, 0.15) is 44.1 Å². The molecule has 3 N–H and O–H groups in total. The van der Waals surface area contributed by atoms with E-state index in [4.69, 9.17) is 10.5 Å². The number of nitrogens with one attached hydrogen (secondary N) is 1. The number of fused-ring (bicyclic) bond motifs is 1. The minimum atomic E-state index is -1.55. The van der Waals surface area contributed by atoms with Gasteiger partial charge in [0.25, 0.3) is 5.91 Å². The third kappa shape index (κ3) is 5.24. The molecule has 2 amide bonds. The summed E-state index contributed by atoms with van der Waals surface area (Å²) < 4.78 is 22.6. The summed E-state index contributed by atoms with van der Waals surface area (Å²) in [4.78, 5) is 38.4. The number of amides is 2. The van der Waals surface area contributed by atoms with Crippen LogP contribution in [-0.2, 0) is 4.74 Å². The van der Waals surface area contributed by atoms with Crippen molar-refractivity contribution in [1.29, 1.82) is 0 Å². The van der Waals surface area contributed by atoms with E-state index in [1.807, 2.05) is 0 Å². The van der Waals surface area contributed by atoms with Crippen LogP contribution in [-0.4, -0.2) is 67.2 Å². The van der Waals surface area contributed by atoms with Crippen molar-refractivity contribution >= 4 is 23.5 Å². The van der Waals surface area contributed by atoms with E-state index in [1.165, 1.54) is 11.1 Å². The Morgan fingerprint density at radius 3 is 2.47 bits per heavy atom. The smallest absolute Gasteiger partial charge is 0.410 e. The molecule has 1 aliphatic heterocycles. The van der Waals surface area contributed by atoms with Gasteiger partial charge in [-0.1, -0.05) is 0 Å². The first-order chi connectivity index (χ1) is 16.0. The molecular formula is C23H28FN7O3. The summed E-state index contributed by atoms with van der Waals surface area (Å²) in [6.45, 7) is 5.86. The number of aromatic nitrogens is 4. The summed E-state index contributed by atoms with van der Waals surface area (Å²) >= 11 is 0. The second kappa shape index (κ2) is 8.88. The van der Waals surface area contributed by atoms with Crippen LogP contribution >= 0.6 is 0 Å². The minimum absolute atomic E-state index is 0.0314. The quantitative estimate of drug-likeness (QED) is 0.588. The largest absolute Gasteiger partial charge is 0.444 e. The lowest BCUT2D eigenvalue weighted by Gasteiger charge is -2.37. The van der Waals surface area contributed by atoms with Crippen molar-refractivity contribution in [2.75, 3.05) is 25.0 Å². The maximum absolute atomic E-state index is 15.6. The SMILES string of the molecule is CC(C)(C)OC(=O)N1CCC(F)(CNc2nc(-c3ccncc3)cn3cc(C(N)=O)nc23)CC1. The van der Waals surface area contributed by atoms with E-state index >= 15 is 4.39 Å². The van der Waals surface area contributed by atoms with Crippen molar-refractivity contribution < 1.29 is 18.7 Å². The number of carbonyl (C=O) groups is 2. The van der Waals surface area contributed by atoms with Crippen molar-refractivity contribution in [2.45, 2.75) is 44.9 Å². The lowest BCUT2D eigenvalue weighted by Crippen LogP contribution is -2.48. The number of halogens is 1. The van der Waals surface area contributed by atoms with E-state index in [9.17, 15) is 9.59 Å². The molecule has 0 aliphatic carbocycles. The number of primary amides is 1. The Morgan fingerprint density at radius 2 is 1.85 bits per heavy atom. The highest BCUT2D eigenvalue weighted by molar-refractivity contribution is 5.92. The van der Waals surface area contributed by atoms with Crippen molar-refractivity contribution in [1.82, 2.24) is 24.3 Å². The summed E-state index contributed by atoms with van der Waals surface area (Å²) in [6.07, 6.45) is 6.39. The van der Waals surface area contributed by atoms with Gasteiger partial charge in [0.2, 0.25) is 0 Å². The summed E-state index contributed by atoms with van der Waals surface area (Å²) in [5.41, 5.74) is 5.08. The van der Waals surface area contributed by atoms with Gasteiger partial charge in [0.15, 0.2) is 11.5 Å². The zero-order chi connectivity index (χ0) is 24.5. The Balaban J connectivity index is 1.52. The minimum Gasteiger partial charge on any atom is -0.444 e. The molecule has 1 aliphatic rings. The van der Waals surface area contributed by atoms with Gasteiger partial charge in [-0.3, -0.25) is 9.78 Å². The number of ether oxygens (including phenoxy) is 1. The van der Waals surface area contributed by atoms with Gasteiger partial charge in [0, 0.05) is 56.3 Å². The number of anilines is 1. The van der Waals surface area contributed by atoms with E-state index < -0.39 is 23.3 Å². The molecule has 0 spiro atoms. The van der Waals surface area contributed by atoms with E-state index in [0.29, 0.717) is 17.2 Å². The fourth-order valence-electron chi connectivity index (χ4n) is 3.73. The molecule has 0 aromatic carbocycles. The van der Waals surface area contributed by atoms with Gasteiger partial charge in [-0.25, -0.2) is 19.2 Å². The molecule has 0 bridgehead atoms. The van der Waals surface area contributed by atoms with E-state index in [0.717, 1.165) is 5.56 Å². The molecule has 4 heterocycles. The third-order valence-corrected chi connectivity index (χ3v) is 5.55. The standard InChI is InChI=1S/C23H28FN7O3/c1-22(2,3)34-21(33)30-10-6-23(24,7-11-30)14-27-19-20-29-17(18(25)32)13-31(20)12-16(28-19)15-4-8-26-9-5-15/h4-5,8-9,12-13H,6-7,10-11,14H2,1-3H3,(H2,25,32)(H,27,28). The van der Waals surface area contributed by atoms with Crippen molar-refractivity contribution in [3.63, 3.8) is 0 Å². The first kappa shape index (κ1) is 23.4. The number of pyridine rings is 1. The van der Waals surface area contributed by atoms with Crippen LogP contribution in [0.3, 0.4) is 0 Å². The number of rotatable bonds is 5. The number of nitrogens with zero attached hydrogens (tertiary/aromatic N) is 5. The molecule has 180 valence electrons. The van der Waals surface area contributed by atoms with Crippen LogP contribution in [0.5, 0.6) is 0 Å². The van der Waals surface area contributed by atoms with Crippen molar-refractivity contribution in [3.05, 3.63) is 42.6 Å². The second-order valence-electron chi connectivity index (χ2n) is 9.40. The van der Waals surface area contributed by atoms with Crippen molar-refractivity contribution in [3.8, 4) is 11.3 Å². The fraction of sp³-hybridized carbons (Fsp3) is 0.435. The monoisotopic (exact) mass is 469 g/mol. The van der Waals surface area contributed by atoms with Gasteiger partial charge >= 0.3 is 6.09 Å². The van der Waals surface area contributed by atoms with E-state index in [2.05, 4.69) is 20.3 Å². The highest BCUT2D eigenvalue weighted by atomic mass is 19.1. The third-order valence-electron chi connectivity index (χ3n) is 5.55. The predicted molar refractivity (Wildman–Crippen MR) is 124 cm³/mol. The summed E-state index contributed by atoms with van der Waals surface area (Å²) in [5, 5.41) is 3.07. The molecule has 0 saturated carbocycles. The Hall–Kier alpha value is -3.76. The fourth-order valence-corrected chi connectivity index (χ4v) is 3.73. The molecule has 1 saturated heterocycles. The number of alkyl halides is 1. The zero-order valence-electron chi connectivity index (χ0n) is 19.4. The molecule has 11 heteroatoms. The number of piperidine rings is 1. The molecule has 0 radical (unpaired) electrons. The molecular weight excluding hydrogens is 441 g/mol. The van der Waals surface area contributed by atoms with Crippen LogP contribution in [0.2, 0.25) is 0 Å². The van der Waals surface area contributed by atoms with Gasteiger partial charge in [-0.05, 0) is 32.9 Å². The predicted octanol–water partition coefficient (Wildman–Crippen LogP) is 3.04. The van der Waals surface area contributed by atoms with Gasteiger partial charge in [-0.15, -0.1) is 0 Å². The molecule has 34 heavy (non-hydrogen) atoms. The van der Waals surface area contributed by atoms with Crippen LogP contribution in [0.4, 0.5) is 15.0 Å². The van der Waals surface area contributed by atoms with Crippen LogP contribution in [0.15, 0.2) is 36.9 Å². The molecule has 0 atom stereocenters. The van der Waals surface area contributed by atoms with E-state index in [1.54, 1.807) is 55.9 Å². The van der Waals surface area contributed by atoms with Crippen LogP contribution < -0.4 is 11.1 Å². The van der Waals surface area contributed by atoms with Crippen LogP contribution in [0, 0.1) is 0 Å². The van der Waals surface area contributed by atoms with Gasteiger partial charge < -0.3 is 25.1 Å². The molecule has 3 aromatic heterocycles. The summed E-state index contributed by atoms with van der Waals surface area (Å²) in [5.74, 6) is -0.343. The Labute approximate surface area is 196 Å². The topological polar surface area (TPSA) is 128 Å². The maximum atomic E-state index is 15.6. The lowest BCUT2D eigenvalue weighted by atomic mass is 9.93. The normalized spacial score (nSPS) is 15.8. The molecule has 10 nitrogen and oxygen atoms in total. The number of likely N-dealkylation sites (tertiary alicyclic amines) is 1. The number of carbonyl (C=O) groups excluding carboxylic acids is 2. The number of imidazole rings is 1. The number of hydrogen-bond acceptors (Lipinski definition) is 7. The van der Waals surface area contributed by atoms with Crippen LogP contribution in [0.25, 0.3) is 16.9 Å². The Kier molecular flexibility index (Phi) is 6.11. The Bertz CT molecular complexity index is 1200. The number of nitrogens with two attached hydrogens (primary N) is 1. The van der Waals surface area contributed by atoms with Gasteiger partial charge in [0.05, 0.1) is 12.2 Å². The van der Waals surface area contributed by atoms with E-state index in [-0.39, 0.29) is 38.2 Å². The second-order valence-corrected chi connectivity index (χ2v) is 9.40. The Morgan fingerprint density at radius 1 is 1.18 bits per heavy atom.